The highest BCUT2D eigenvalue weighted by Gasteiger charge is 2.11. The van der Waals surface area contributed by atoms with Crippen LogP contribution >= 0.6 is 0 Å². The van der Waals surface area contributed by atoms with Crippen molar-refractivity contribution < 1.29 is 4.42 Å². The Bertz CT molecular complexity index is 436. The molecule has 2 heterocycles. The van der Waals surface area contributed by atoms with Gasteiger partial charge >= 0.3 is 0 Å². The van der Waals surface area contributed by atoms with Gasteiger partial charge in [0, 0.05) is 18.9 Å². The number of likely N-dealkylation sites (N-methyl/N-ethyl adjacent to an activating group) is 1. The minimum Gasteiger partial charge on any atom is -0.469 e. The average Bonchev–Trinajstić information content (AvgIpc) is 2.96. The molecule has 0 spiro atoms. The third kappa shape index (κ3) is 3.39. The highest BCUT2D eigenvalue weighted by Crippen LogP contribution is 2.08. The van der Waals surface area contributed by atoms with Crippen LogP contribution in [0.3, 0.4) is 0 Å². The van der Waals surface area contributed by atoms with Crippen molar-refractivity contribution in [3.05, 3.63) is 30.0 Å². The van der Waals surface area contributed by atoms with Crippen LogP contribution in [0.15, 0.2) is 22.8 Å². The molecule has 2 aromatic rings. The van der Waals surface area contributed by atoms with Gasteiger partial charge in [-0.05, 0) is 30.8 Å². The Morgan fingerprint density at radius 3 is 3.00 bits per heavy atom. The SMILES string of the molecule is CNC(CCc1ccco1)Cc1nnn(C)n1. The van der Waals surface area contributed by atoms with Crippen molar-refractivity contribution in [1.29, 1.82) is 0 Å². The summed E-state index contributed by atoms with van der Waals surface area (Å²) in [4.78, 5) is 1.48. The van der Waals surface area contributed by atoms with E-state index in [-0.39, 0.29) is 0 Å². The lowest BCUT2D eigenvalue weighted by atomic mass is 10.1. The molecule has 0 aromatic carbocycles. The second kappa shape index (κ2) is 5.58. The summed E-state index contributed by atoms with van der Waals surface area (Å²) in [6.45, 7) is 0. The summed E-state index contributed by atoms with van der Waals surface area (Å²) in [5.74, 6) is 1.78. The molecule has 0 aliphatic heterocycles. The molecule has 0 bridgehead atoms. The smallest absolute Gasteiger partial charge is 0.176 e. The van der Waals surface area contributed by atoms with Crippen LogP contribution in [-0.2, 0) is 19.9 Å². The molecule has 1 unspecified atom stereocenters. The standard InChI is InChI=1S/C11H17N5O/c1-12-9(5-6-10-4-3-7-17-10)8-11-13-15-16(2)14-11/h3-4,7,9,12H,5-6,8H2,1-2H3. The molecule has 17 heavy (non-hydrogen) atoms. The summed E-state index contributed by atoms with van der Waals surface area (Å²) in [6.07, 6.45) is 4.39. The molecule has 0 fully saturated rings. The van der Waals surface area contributed by atoms with Crippen LogP contribution in [0.4, 0.5) is 0 Å². The van der Waals surface area contributed by atoms with Crippen molar-refractivity contribution in [1.82, 2.24) is 25.5 Å². The van der Waals surface area contributed by atoms with E-state index in [0.29, 0.717) is 6.04 Å². The van der Waals surface area contributed by atoms with E-state index < -0.39 is 0 Å². The van der Waals surface area contributed by atoms with Crippen LogP contribution in [0.25, 0.3) is 0 Å². The van der Waals surface area contributed by atoms with E-state index in [0.717, 1.165) is 30.8 Å². The summed E-state index contributed by atoms with van der Waals surface area (Å²) < 4.78 is 5.31. The normalized spacial score (nSPS) is 12.8. The van der Waals surface area contributed by atoms with Crippen LogP contribution in [0, 0.1) is 0 Å². The van der Waals surface area contributed by atoms with Gasteiger partial charge in [0.1, 0.15) is 5.76 Å². The van der Waals surface area contributed by atoms with Gasteiger partial charge in [0.2, 0.25) is 0 Å². The number of tetrazole rings is 1. The fourth-order valence-corrected chi connectivity index (χ4v) is 1.75. The highest BCUT2D eigenvalue weighted by molar-refractivity contribution is 4.99. The summed E-state index contributed by atoms with van der Waals surface area (Å²) in [6, 6.07) is 4.24. The second-order valence-corrected chi connectivity index (χ2v) is 4.00. The minimum atomic E-state index is 0.337. The molecule has 6 nitrogen and oxygen atoms in total. The fourth-order valence-electron chi connectivity index (χ4n) is 1.75. The number of hydrogen-bond donors (Lipinski definition) is 1. The fraction of sp³-hybridized carbons (Fsp3) is 0.545. The third-order valence-corrected chi connectivity index (χ3v) is 2.71. The largest absolute Gasteiger partial charge is 0.469 e. The maximum absolute atomic E-state index is 5.31. The lowest BCUT2D eigenvalue weighted by molar-refractivity contribution is 0.455. The molecule has 1 atom stereocenters. The molecule has 2 rings (SSSR count). The van der Waals surface area contributed by atoms with Gasteiger partial charge in [-0.2, -0.15) is 4.80 Å². The molecule has 2 aromatic heterocycles. The first-order chi connectivity index (χ1) is 8.28. The molecule has 0 saturated heterocycles. The number of nitrogens with one attached hydrogen (secondary N) is 1. The predicted octanol–water partition coefficient (Wildman–Crippen LogP) is 0.566. The molecular formula is C11H17N5O. The van der Waals surface area contributed by atoms with Crippen molar-refractivity contribution in [2.24, 2.45) is 7.05 Å². The van der Waals surface area contributed by atoms with E-state index in [4.69, 9.17) is 4.42 Å². The summed E-state index contributed by atoms with van der Waals surface area (Å²) in [7, 11) is 3.72. The zero-order chi connectivity index (χ0) is 12.1. The van der Waals surface area contributed by atoms with E-state index in [9.17, 15) is 0 Å². The van der Waals surface area contributed by atoms with Crippen LogP contribution in [0.2, 0.25) is 0 Å². The van der Waals surface area contributed by atoms with Crippen LogP contribution in [0.1, 0.15) is 18.0 Å². The topological polar surface area (TPSA) is 68.8 Å². The van der Waals surface area contributed by atoms with Crippen molar-refractivity contribution in [3.63, 3.8) is 0 Å². The van der Waals surface area contributed by atoms with Gasteiger partial charge in [0.25, 0.3) is 0 Å². The van der Waals surface area contributed by atoms with Crippen LogP contribution in [0.5, 0.6) is 0 Å². The molecule has 0 radical (unpaired) electrons. The summed E-state index contributed by atoms with van der Waals surface area (Å²) in [5.41, 5.74) is 0. The van der Waals surface area contributed by atoms with E-state index in [1.54, 1.807) is 13.3 Å². The molecule has 1 N–H and O–H groups in total. The monoisotopic (exact) mass is 235 g/mol. The molecule has 0 saturated carbocycles. The second-order valence-electron chi connectivity index (χ2n) is 4.00. The van der Waals surface area contributed by atoms with Crippen molar-refractivity contribution >= 4 is 0 Å². The first-order valence-electron chi connectivity index (χ1n) is 5.70. The molecular weight excluding hydrogens is 218 g/mol. The quantitative estimate of drug-likeness (QED) is 0.792. The molecule has 92 valence electrons. The Morgan fingerprint density at radius 2 is 2.41 bits per heavy atom. The third-order valence-electron chi connectivity index (χ3n) is 2.71. The van der Waals surface area contributed by atoms with Gasteiger partial charge in [0.15, 0.2) is 5.82 Å². The zero-order valence-corrected chi connectivity index (χ0v) is 10.1. The average molecular weight is 235 g/mol. The van der Waals surface area contributed by atoms with Crippen molar-refractivity contribution in [3.8, 4) is 0 Å². The van der Waals surface area contributed by atoms with E-state index in [1.807, 2.05) is 19.2 Å². The van der Waals surface area contributed by atoms with Gasteiger partial charge < -0.3 is 9.73 Å². The highest BCUT2D eigenvalue weighted by atomic mass is 16.3. The van der Waals surface area contributed by atoms with Crippen LogP contribution in [-0.4, -0.2) is 33.3 Å². The molecule has 0 aliphatic rings. The Balaban J connectivity index is 1.84. The zero-order valence-electron chi connectivity index (χ0n) is 10.1. The summed E-state index contributed by atoms with van der Waals surface area (Å²) in [5, 5.41) is 15.2. The minimum absolute atomic E-state index is 0.337. The van der Waals surface area contributed by atoms with E-state index >= 15 is 0 Å². The Kier molecular flexibility index (Phi) is 3.87. The number of rotatable bonds is 6. The molecule has 0 amide bonds. The lowest BCUT2D eigenvalue weighted by Gasteiger charge is -2.12. The number of furan rings is 1. The number of aryl methyl sites for hydroxylation is 2. The van der Waals surface area contributed by atoms with Crippen LogP contribution < -0.4 is 5.32 Å². The van der Waals surface area contributed by atoms with Gasteiger partial charge in [-0.15, -0.1) is 10.2 Å². The van der Waals surface area contributed by atoms with E-state index in [1.165, 1.54) is 4.80 Å². The number of hydrogen-bond acceptors (Lipinski definition) is 5. The van der Waals surface area contributed by atoms with Gasteiger partial charge in [0.05, 0.1) is 13.3 Å². The Hall–Kier alpha value is -1.69. The predicted molar refractivity (Wildman–Crippen MR) is 62.4 cm³/mol. The van der Waals surface area contributed by atoms with Gasteiger partial charge in [-0.25, -0.2) is 0 Å². The Labute approximate surface area is 100 Å². The first-order valence-corrected chi connectivity index (χ1v) is 5.70. The van der Waals surface area contributed by atoms with Gasteiger partial charge in [-0.1, -0.05) is 0 Å². The molecule has 6 heteroatoms. The van der Waals surface area contributed by atoms with Gasteiger partial charge in [-0.3, -0.25) is 0 Å². The first kappa shape index (κ1) is 11.8. The summed E-state index contributed by atoms with van der Waals surface area (Å²) >= 11 is 0. The molecule has 0 aliphatic carbocycles. The van der Waals surface area contributed by atoms with E-state index in [2.05, 4.69) is 20.7 Å². The van der Waals surface area contributed by atoms with Crippen molar-refractivity contribution in [2.45, 2.75) is 25.3 Å². The lowest BCUT2D eigenvalue weighted by Crippen LogP contribution is -2.28. The van der Waals surface area contributed by atoms with Crippen molar-refractivity contribution in [2.75, 3.05) is 7.05 Å². The maximum Gasteiger partial charge on any atom is 0.176 e. The maximum atomic E-state index is 5.31. The Morgan fingerprint density at radius 1 is 1.53 bits per heavy atom. The number of nitrogens with zero attached hydrogens (tertiary/aromatic N) is 4. The number of aromatic nitrogens is 4.